The average molecular weight is 261 g/mol. The molecule has 2 aromatic carbocycles. The first-order valence-corrected chi connectivity index (χ1v) is 6.34. The maximum atomic E-state index is 10.6. The summed E-state index contributed by atoms with van der Waals surface area (Å²) in [5.74, 6) is -0.485. The van der Waals surface area contributed by atoms with E-state index in [2.05, 4.69) is 5.32 Å². The molecule has 0 unspecified atom stereocenters. The molecule has 2 rings (SSSR count). The van der Waals surface area contributed by atoms with Gasteiger partial charge in [-0.2, -0.15) is 8.42 Å². The number of benzene rings is 2. The van der Waals surface area contributed by atoms with Crippen LogP contribution in [0, 0.1) is 0 Å². The summed E-state index contributed by atoms with van der Waals surface area (Å²) in [6, 6.07) is 13.2. The second kappa shape index (κ2) is 5.84. The number of nitrogens with one attached hydrogen (secondary N) is 1. The van der Waals surface area contributed by atoms with E-state index in [1.165, 1.54) is 0 Å². The first-order chi connectivity index (χ1) is 7.56. The summed E-state index contributed by atoms with van der Waals surface area (Å²) in [6.45, 7) is 0. The standard InChI is InChI=1S/C11H11NO3S.Na.H/c13-16(14,15)8-12-11-7-3-5-9-4-1-2-6-10(9)11;;/h1-7,12H,8H2,(H,13,14,15);;. The van der Waals surface area contributed by atoms with Gasteiger partial charge in [0, 0.05) is 11.1 Å². The first kappa shape index (κ1) is 14.5. The molecule has 0 atom stereocenters. The Kier molecular flexibility index (Phi) is 4.97. The number of fused-ring (bicyclic) bond motifs is 1. The third-order valence-electron chi connectivity index (χ3n) is 2.23. The van der Waals surface area contributed by atoms with Crippen LogP contribution in [-0.2, 0) is 10.1 Å². The van der Waals surface area contributed by atoms with E-state index in [0.717, 1.165) is 10.8 Å². The van der Waals surface area contributed by atoms with E-state index in [0.29, 0.717) is 5.69 Å². The van der Waals surface area contributed by atoms with Crippen LogP contribution in [0.5, 0.6) is 0 Å². The molecular formula is C11H12NNaO3S. The predicted octanol–water partition coefficient (Wildman–Crippen LogP) is 1.45. The van der Waals surface area contributed by atoms with Gasteiger partial charge in [0.25, 0.3) is 10.1 Å². The van der Waals surface area contributed by atoms with Crippen molar-refractivity contribution < 1.29 is 13.0 Å². The first-order valence-electron chi connectivity index (χ1n) is 4.73. The van der Waals surface area contributed by atoms with E-state index in [4.69, 9.17) is 4.55 Å². The van der Waals surface area contributed by atoms with Crippen molar-refractivity contribution in [2.45, 2.75) is 0 Å². The van der Waals surface area contributed by atoms with E-state index in [-0.39, 0.29) is 29.6 Å². The molecule has 6 heteroatoms. The summed E-state index contributed by atoms with van der Waals surface area (Å²) in [7, 11) is -4.00. The molecule has 0 bridgehead atoms. The van der Waals surface area contributed by atoms with Crippen LogP contribution in [-0.4, -0.2) is 48.4 Å². The third kappa shape index (κ3) is 3.97. The summed E-state index contributed by atoms with van der Waals surface area (Å²) >= 11 is 0. The number of hydrogen-bond acceptors (Lipinski definition) is 3. The quantitative estimate of drug-likeness (QED) is 0.648. The maximum absolute atomic E-state index is 10.6. The van der Waals surface area contributed by atoms with Crippen molar-refractivity contribution in [3.8, 4) is 0 Å². The molecule has 0 aliphatic rings. The second-order valence-electron chi connectivity index (χ2n) is 3.43. The van der Waals surface area contributed by atoms with Crippen LogP contribution in [0.4, 0.5) is 5.69 Å². The molecule has 0 saturated heterocycles. The summed E-state index contributed by atoms with van der Waals surface area (Å²) < 4.78 is 29.9. The molecule has 4 nitrogen and oxygen atoms in total. The molecule has 0 spiro atoms. The van der Waals surface area contributed by atoms with Gasteiger partial charge in [-0.1, -0.05) is 36.4 Å². The predicted molar refractivity (Wildman–Crippen MR) is 71.1 cm³/mol. The van der Waals surface area contributed by atoms with Gasteiger partial charge in [0.1, 0.15) is 5.88 Å². The Morgan fingerprint density at radius 2 is 1.71 bits per heavy atom. The fraction of sp³-hybridized carbons (Fsp3) is 0.0909. The van der Waals surface area contributed by atoms with Gasteiger partial charge >= 0.3 is 29.6 Å². The normalized spacial score (nSPS) is 10.9. The van der Waals surface area contributed by atoms with Gasteiger partial charge in [-0.15, -0.1) is 0 Å². The van der Waals surface area contributed by atoms with Crippen LogP contribution < -0.4 is 5.32 Å². The third-order valence-corrected chi connectivity index (χ3v) is 2.74. The van der Waals surface area contributed by atoms with Gasteiger partial charge in [0.15, 0.2) is 0 Å². The van der Waals surface area contributed by atoms with Gasteiger partial charge < -0.3 is 5.32 Å². The fourth-order valence-corrected chi connectivity index (χ4v) is 1.89. The van der Waals surface area contributed by atoms with Gasteiger partial charge in [-0.05, 0) is 11.5 Å². The summed E-state index contributed by atoms with van der Waals surface area (Å²) in [4.78, 5) is 0. The van der Waals surface area contributed by atoms with Gasteiger partial charge in [-0.25, -0.2) is 0 Å². The monoisotopic (exact) mass is 261 g/mol. The summed E-state index contributed by atoms with van der Waals surface area (Å²) in [5, 5.41) is 4.63. The van der Waals surface area contributed by atoms with E-state index in [1.807, 2.05) is 36.4 Å². The minimum absolute atomic E-state index is 0. The van der Waals surface area contributed by atoms with Crippen LogP contribution in [0.3, 0.4) is 0 Å². The second-order valence-corrected chi connectivity index (χ2v) is 4.88. The van der Waals surface area contributed by atoms with Crippen LogP contribution in [0.15, 0.2) is 42.5 Å². The Morgan fingerprint density at radius 3 is 2.41 bits per heavy atom. The SMILES string of the molecule is O=S(=O)(O)CNc1cccc2ccccc12.[NaH]. The molecule has 86 valence electrons. The van der Waals surface area contributed by atoms with Crippen molar-refractivity contribution in [2.75, 3.05) is 11.2 Å². The van der Waals surface area contributed by atoms with Crippen molar-refractivity contribution >= 4 is 56.1 Å². The molecule has 0 amide bonds. The average Bonchev–Trinajstić information content (AvgIpc) is 2.25. The van der Waals surface area contributed by atoms with Crippen LogP contribution in [0.1, 0.15) is 0 Å². The zero-order valence-corrected chi connectivity index (χ0v) is 9.24. The number of rotatable bonds is 3. The van der Waals surface area contributed by atoms with Gasteiger partial charge in [-0.3, -0.25) is 4.55 Å². The molecule has 2 N–H and O–H groups in total. The van der Waals surface area contributed by atoms with Crippen LogP contribution >= 0.6 is 0 Å². The molecule has 0 heterocycles. The summed E-state index contributed by atoms with van der Waals surface area (Å²) in [5.41, 5.74) is 0.690. The van der Waals surface area contributed by atoms with Crippen molar-refractivity contribution in [3.05, 3.63) is 42.5 Å². The minimum atomic E-state index is -4.00. The molecule has 17 heavy (non-hydrogen) atoms. The van der Waals surface area contributed by atoms with Crippen molar-refractivity contribution in [1.82, 2.24) is 0 Å². The molecule has 2 aromatic rings. The Labute approximate surface area is 122 Å². The molecule has 0 radical (unpaired) electrons. The number of anilines is 1. The Hall–Kier alpha value is -0.590. The zero-order chi connectivity index (χ0) is 11.6. The summed E-state index contributed by atoms with van der Waals surface area (Å²) in [6.07, 6.45) is 0. The molecule has 0 aliphatic carbocycles. The number of hydrogen-bond donors (Lipinski definition) is 2. The fourth-order valence-electron chi connectivity index (χ4n) is 1.55. The topological polar surface area (TPSA) is 66.4 Å². The molecule has 0 aliphatic heterocycles. The van der Waals surface area contributed by atoms with Gasteiger partial charge in [0.2, 0.25) is 0 Å². The van der Waals surface area contributed by atoms with Crippen LogP contribution in [0.25, 0.3) is 10.8 Å². The Bertz CT molecular complexity index is 608. The van der Waals surface area contributed by atoms with Crippen molar-refractivity contribution in [3.63, 3.8) is 0 Å². The van der Waals surface area contributed by atoms with Gasteiger partial charge in [0.05, 0.1) is 0 Å². The molecule has 0 saturated carbocycles. The van der Waals surface area contributed by atoms with E-state index < -0.39 is 16.0 Å². The molecule has 0 fully saturated rings. The Morgan fingerprint density at radius 1 is 1.06 bits per heavy atom. The molecular weight excluding hydrogens is 249 g/mol. The van der Waals surface area contributed by atoms with Crippen molar-refractivity contribution in [2.24, 2.45) is 0 Å². The van der Waals surface area contributed by atoms with E-state index >= 15 is 0 Å². The van der Waals surface area contributed by atoms with Crippen LogP contribution in [0.2, 0.25) is 0 Å². The van der Waals surface area contributed by atoms with E-state index in [9.17, 15) is 8.42 Å². The van der Waals surface area contributed by atoms with Crippen molar-refractivity contribution in [1.29, 1.82) is 0 Å². The van der Waals surface area contributed by atoms with E-state index in [1.54, 1.807) is 6.07 Å². The zero-order valence-electron chi connectivity index (χ0n) is 8.42. The molecule has 0 aromatic heterocycles. The Balaban J connectivity index is 0.00000144.